The van der Waals surface area contributed by atoms with Crippen LogP contribution in [-0.2, 0) is 0 Å². The van der Waals surface area contributed by atoms with Gasteiger partial charge in [0.05, 0.1) is 0 Å². The van der Waals surface area contributed by atoms with Crippen molar-refractivity contribution in [2.45, 2.75) is 0 Å². The van der Waals surface area contributed by atoms with Crippen LogP contribution in [0.15, 0.2) is 53.9 Å². The monoisotopic (exact) mass is 306 g/mol. The quantitative estimate of drug-likeness (QED) is 0.290. The van der Waals surface area contributed by atoms with Crippen LogP contribution < -0.4 is 4.73 Å². The zero-order valence-electron chi connectivity index (χ0n) is 11.4. The van der Waals surface area contributed by atoms with E-state index >= 15 is 0 Å². The maximum atomic E-state index is 12.8. The average molecular weight is 306 g/mol. The number of imidazole rings is 1. The topological polar surface area (TPSA) is 52.1 Å². The lowest BCUT2D eigenvalue weighted by Crippen LogP contribution is -2.29. The van der Waals surface area contributed by atoms with E-state index in [0.717, 1.165) is 36.2 Å². The smallest absolute Gasteiger partial charge is 0.342 e. The molecule has 2 heterocycles. The lowest BCUT2D eigenvalue weighted by molar-refractivity contribution is -0.582. The SMILES string of the molecule is [O-][n+]1c2c(n(O)c1-c1cccs1)-c1cccc3cccc-2c13. The highest BCUT2D eigenvalue weighted by Gasteiger charge is 2.37. The molecule has 5 heteroatoms. The minimum atomic E-state index is 0.270. The molecule has 4 nitrogen and oxygen atoms in total. The number of hydrogen-bond donors (Lipinski definition) is 1. The van der Waals surface area contributed by atoms with Crippen molar-refractivity contribution in [3.8, 4) is 33.2 Å². The van der Waals surface area contributed by atoms with E-state index in [4.69, 9.17) is 0 Å². The van der Waals surface area contributed by atoms with Gasteiger partial charge in [0.15, 0.2) is 5.69 Å². The second-order valence-electron chi connectivity index (χ2n) is 5.31. The normalized spacial score (nSPS) is 12.0. The fraction of sp³-hybridized carbons (Fsp3) is 0. The van der Waals surface area contributed by atoms with Crippen molar-refractivity contribution in [1.29, 1.82) is 0 Å². The largest absolute Gasteiger partial charge is 0.710 e. The Balaban J connectivity index is 1.95. The van der Waals surface area contributed by atoms with Gasteiger partial charge in [0, 0.05) is 16.5 Å². The van der Waals surface area contributed by atoms with Gasteiger partial charge in [0.1, 0.15) is 4.88 Å². The molecule has 0 saturated carbocycles. The van der Waals surface area contributed by atoms with Crippen molar-refractivity contribution in [2.75, 3.05) is 0 Å². The highest BCUT2D eigenvalue weighted by molar-refractivity contribution is 7.13. The van der Waals surface area contributed by atoms with Gasteiger partial charge in [-0.15, -0.1) is 11.3 Å². The second-order valence-corrected chi connectivity index (χ2v) is 6.26. The van der Waals surface area contributed by atoms with E-state index in [2.05, 4.69) is 0 Å². The first-order valence-corrected chi connectivity index (χ1v) is 7.79. The van der Waals surface area contributed by atoms with E-state index in [0.29, 0.717) is 11.4 Å². The molecule has 0 radical (unpaired) electrons. The van der Waals surface area contributed by atoms with Crippen LogP contribution in [0.3, 0.4) is 0 Å². The number of rotatable bonds is 1. The van der Waals surface area contributed by atoms with Gasteiger partial charge >= 0.3 is 5.82 Å². The number of thiophene rings is 1. The van der Waals surface area contributed by atoms with Crippen LogP contribution in [-0.4, -0.2) is 9.94 Å². The maximum absolute atomic E-state index is 12.8. The van der Waals surface area contributed by atoms with Gasteiger partial charge in [-0.3, -0.25) is 0 Å². The van der Waals surface area contributed by atoms with Crippen molar-refractivity contribution in [1.82, 2.24) is 4.73 Å². The molecule has 0 saturated heterocycles. The number of benzene rings is 2. The van der Waals surface area contributed by atoms with E-state index < -0.39 is 0 Å². The third-order valence-electron chi connectivity index (χ3n) is 4.19. The summed E-state index contributed by atoms with van der Waals surface area (Å²) in [6.45, 7) is 0. The van der Waals surface area contributed by atoms with Gasteiger partial charge in [-0.05, 0) is 33.7 Å². The van der Waals surface area contributed by atoms with E-state index in [1.165, 1.54) is 11.3 Å². The van der Waals surface area contributed by atoms with Crippen molar-refractivity contribution in [2.24, 2.45) is 0 Å². The van der Waals surface area contributed by atoms with Gasteiger partial charge < -0.3 is 10.4 Å². The van der Waals surface area contributed by atoms with Crippen LogP contribution in [0.25, 0.3) is 44.0 Å². The summed E-state index contributed by atoms with van der Waals surface area (Å²) in [6.07, 6.45) is 0. The fourth-order valence-corrected chi connectivity index (χ4v) is 4.05. The molecule has 1 N–H and O–H groups in total. The average Bonchev–Trinajstić information content (AvgIpc) is 3.20. The van der Waals surface area contributed by atoms with Crippen molar-refractivity contribution in [3.63, 3.8) is 0 Å². The van der Waals surface area contributed by atoms with E-state index in [-0.39, 0.29) is 5.82 Å². The van der Waals surface area contributed by atoms with Gasteiger partial charge in [0.2, 0.25) is 5.69 Å². The van der Waals surface area contributed by atoms with Gasteiger partial charge in [-0.25, -0.2) is 4.73 Å². The lowest BCUT2D eigenvalue weighted by Gasteiger charge is -2.06. The first-order chi connectivity index (χ1) is 10.8. The molecular formula is C17H10N2O2S. The molecular weight excluding hydrogens is 296 g/mol. The Morgan fingerprint density at radius 2 is 1.77 bits per heavy atom. The van der Waals surface area contributed by atoms with E-state index in [1.54, 1.807) is 0 Å². The molecule has 0 fully saturated rings. The summed E-state index contributed by atoms with van der Waals surface area (Å²) < 4.78 is 1.87. The Morgan fingerprint density at radius 3 is 2.50 bits per heavy atom. The number of aromatic nitrogens is 2. The predicted octanol–water partition coefficient (Wildman–Crippen LogP) is 3.89. The standard InChI is InChI=1S/C17H10N2O2S/c20-18-15-11-6-1-4-10-5-2-7-12(14(10)11)16(15)19(21)17(18)13-8-3-9-22-13/h1-9,20H. The highest BCUT2D eigenvalue weighted by atomic mass is 32.1. The van der Waals surface area contributed by atoms with Gasteiger partial charge in [-0.2, -0.15) is 0 Å². The third-order valence-corrected chi connectivity index (χ3v) is 5.05. The summed E-state index contributed by atoms with van der Waals surface area (Å²) in [5.74, 6) is 0.270. The molecule has 1 aliphatic rings. The zero-order chi connectivity index (χ0) is 14.8. The summed E-state index contributed by atoms with van der Waals surface area (Å²) in [6, 6.07) is 15.5. The number of hydrogen-bond acceptors (Lipinski definition) is 3. The molecule has 4 aromatic rings. The molecule has 5 rings (SSSR count). The summed E-state index contributed by atoms with van der Waals surface area (Å²) in [5.41, 5.74) is 2.88. The van der Waals surface area contributed by atoms with Crippen molar-refractivity contribution in [3.05, 3.63) is 59.1 Å². The molecule has 2 aromatic heterocycles. The van der Waals surface area contributed by atoms with Crippen molar-refractivity contribution >= 4 is 22.1 Å². The summed E-state index contributed by atoms with van der Waals surface area (Å²) >= 11 is 1.43. The molecule has 0 atom stereocenters. The molecule has 22 heavy (non-hydrogen) atoms. The summed E-state index contributed by atoms with van der Waals surface area (Å²) in [5, 5.41) is 27.5. The van der Waals surface area contributed by atoms with Crippen LogP contribution >= 0.6 is 11.3 Å². The Morgan fingerprint density at radius 1 is 1.00 bits per heavy atom. The predicted molar refractivity (Wildman–Crippen MR) is 85.8 cm³/mol. The number of fused-ring (bicyclic) bond motifs is 3. The Hall–Kier alpha value is -2.79. The van der Waals surface area contributed by atoms with Crippen LogP contribution in [0.5, 0.6) is 0 Å². The molecule has 2 aromatic carbocycles. The molecule has 0 bridgehead atoms. The fourth-order valence-electron chi connectivity index (χ4n) is 3.32. The molecule has 0 aliphatic heterocycles. The van der Waals surface area contributed by atoms with Gasteiger partial charge in [0.25, 0.3) is 0 Å². The summed E-state index contributed by atoms with van der Waals surface area (Å²) in [7, 11) is 0. The van der Waals surface area contributed by atoms with Crippen LogP contribution in [0.4, 0.5) is 0 Å². The molecule has 1 aliphatic carbocycles. The van der Waals surface area contributed by atoms with E-state index in [9.17, 15) is 10.4 Å². The van der Waals surface area contributed by atoms with Crippen LogP contribution in [0, 0.1) is 5.21 Å². The first kappa shape index (κ1) is 11.8. The van der Waals surface area contributed by atoms with Crippen LogP contribution in [0.2, 0.25) is 0 Å². The molecule has 0 amide bonds. The van der Waals surface area contributed by atoms with Gasteiger partial charge in [-0.1, -0.05) is 30.3 Å². The highest BCUT2D eigenvalue weighted by Crippen LogP contribution is 2.47. The van der Waals surface area contributed by atoms with Crippen LogP contribution in [0.1, 0.15) is 0 Å². The first-order valence-electron chi connectivity index (χ1n) is 6.91. The molecule has 106 valence electrons. The minimum absolute atomic E-state index is 0.270. The Bertz CT molecular complexity index is 986. The maximum Gasteiger partial charge on any atom is 0.342 e. The van der Waals surface area contributed by atoms with Crippen molar-refractivity contribution < 1.29 is 9.94 Å². The number of nitrogens with zero attached hydrogens (tertiary/aromatic N) is 2. The minimum Gasteiger partial charge on any atom is -0.710 e. The molecule has 0 spiro atoms. The zero-order valence-corrected chi connectivity index (χ0v) is 12.2. The molecule has 0 unspecified atom stereocenters. The second kappa shape index (κ2) is 3.90. The Kier molecular flexibility index (Phi) is 2.09. The lowest BCUT2D eigenvalue weighted by atomic mass is 10.0. The third kappa shape index (κ3) is 1.25. The Labute approximate surface area is 129 Å². The summed E-state index contributed by atoms with van der Waals surface area (Å²) in [4.78, 5) is 0.747. The van der Waals surface area contributed by atoms with E-state index in [1.807, 2.05) is 53.9 Å².